The van der Waals surface area contributed by atoms with Crippen LogP contribution in [0.2, 0.25) is 5.02 Å². The molecule has 0 spiro atoms. The van der Waals surface area contributed by atoms with Crippen molar-refractivity contribution in [3.8, 4) is 5.75 Å². The third kappa shape index (κ3) is 2.47. The maximum absolute atomic E-state index is 13.7. The summed E-state index contributed by atoms with van der Waals surface area (Å²) >= 11 is 5.77. The lowest BCUT2D eigenvalue weighted by molar-refractivity contribution is -0.135. The van der Waals surface area contributed by atoms with Crippen LogP contribution >= 0.6 is 11.6 Å². The smallest absolute Gasteiger partial charge is 0.312 e. The van der Waals surface area contributed by atoms with Gasteiger partial charge in [0.25, 0.3) is 0 Å². The Bertz CT molecular complexity index is 1120. The molecule has 0 saturated carbocycles. The van der Waals surface area contributed by atoms with Crippen molar-refractivity contribution in [1.82, 2.24) is 0 Å². The maximum atomic E-state index is 13.7. The minimum absolute atomic E-state index is 0.0180. The predicted molar refractivity (Wildman–Crippen MR) is 85.9 cm³/mol. The van der Waals surface area contributed by atoms with Crippen LogP contribution in [0.1, 0.15) is 23.5 Å². The number of carbonyl (C=O) groups excluding carboxylic acids is 1. The third-order valence-electron chi connectivity index (χ3n) is 4.25. The highest BCUT2D eigenvalue weighted by atomic mass is 35.5. The monoisotopic (exact) mass is 380 g/mol. The Balaban J connectivity index is 2.03. The molecule has 1 unspecified atom stereocenters. The Labute approximate surface area is 148 Å². The minimum atomic E-state index is -1.61. The van der Waals surface area contributed by atoms with Crippen LogP contribution in [0.25, 0.3) is 11.0 Å². The van der Waals surface area contributed by atoms with Crippen LogP contribution < -0.4 is 10.2 Å². The van der Waals surface area contributed by atoms with Crippen molar-refractivity contribution in [3.05, 3.63) is 74.4 Å². The molecule has 0 radical (unpaired) electrons. The first-order chi connectivity index (χ1) is 12.4. The van der Waals surface area contributed by atoms with E-state index in [9.17, 15) is 22.8 Å². The number of hydrogen-bond acceptors (Lipinski definition) is 4. The van der Waals surface area contributed by atoms with Gasteiger partial charge in [0.05, 0.1) is 11.8 Å². The highest BCUT2D eigenvalue weighted by Gasteiger charge is 2.33. The molecule has 26 heavy (non-hydrogen) atoms. The van der Waals surface area contributed by atoms with Crippen molar-refractivity contribution in [2.75, 3.05) is 0 Å². The molecule has 1 aliphatic rings. The first kappa shape index (κ1) is 16.7. The summed E-state index contributed by atoms with van der Waals surface area (Å²) in [5.74, 6) is -5.81. The van der Waals surface area contributed by atoms with E-state index in [0.29, 0.717) is 0 Å². The van der Waals surface area contributed by atoms with E-state index in [1.165, 1.54) is 12.1 Å². The summed E-state index contributed by atoms with van der Waals surface area (Å²) in [5, 5.41) is -0.0112. The predicted octanol–water partition coefficient (Wildman–Crippen LogP) is 4.30. The lowest BCUT2D eigenvalue weighted by Crippen LogP contribution is -2.22. The van der Waals surface area contributed by atoms with Gasteiger partial charge < -0.3 is 9.15 Å². The Morgan fingerprint density at radius 3 is 2.46 bits per heavy atom. The lowest BCUT2D eigenvalue weighted by Gasteiger charge is -2.25. The Morgan fingerprint density at radius 2 is 1.77 bits per heavy atom. The summed E-state index contributed by atoms with van der Waals surface area (Å²) in [5.41, 5.74) is -0.131. The van der Waals surface area contributed by atoms with Crippen LogP contribution in [-0.4, -0.2) is 5.97 Å². The van der Waals surface area contributed by atoms with Crippen molar-refractivity contribution in [3.63, 3.8) is 0 Å². The average molecular weight is 381 g/mol. The van der Waals surface area contributed by atoms with E-state index >= 15 is 0 Å². The van der Waals surface area contributed by atoms with Crippen molar-refractivity contribution < 1.29 is 27.1 Å². The third-order valence-corrected chi connectivity index (χ3v) is 4.51. The minimum Gasteiger partial charge on any atom is -0.462 e. The molecule has 0 fully saturated rings. The van der Waals surface area contributed by atoms with Crippen LogP contribution in [0.5, 0.6) is 5.75 Å². The molecule has 0 amide bonds. The quantitative estimate of drug-likeness (QED) is 0.359. The highest BCUT2D eigenvalue weighted by molar-refractivity contribution is 6.30. The normalized spacial score (nSPS) is 16.5. The molecule has 132 valence electrons. The van der Waals surface area contributed by atoms with E-state index in [4.69, 9.17) is 20.8 Å². The number of ether oxygens (including phenoxy) is 1. The van der Waals surface area contributed by atoms with Crippen LogP contribution in [0.3, 0.4) is 0 Å². The largest absolute Gasteiger partial charge is 0.462 e. The molecular formula is C18H8ClF3O4. The van der Waals surface area contributed by atoms with Crippen LogP contribution in [0.4, 0.5) is 13.2 Å². The molecule has 1 atom stereocenters. The van der Waals surface area contributed by atoms with E-state index < -0.39 is 34.8 Å². The second-order valence-corrected chi connectivity index (χ2v) is 6.20. The van der Waals surface area contributed by atoms with Gasteiger partial charge in [-0.1, -0.05) is 11.6 Å². The van der Waals surface area contributed by atoms with E-state index in [1.54, 1.807) is 0 Å². The zero-order chi connectivity index (χ0) is 18.6. The van der Waals surface area contributed by atoms with Gasteiger partial charge in [0, 0.05) is 11.5 Å². The zero-order valence-corrected chi connectivity index (χ0v) is 13.6. The number of carbonyl (C=O) groups is 1. The van der Waals surface area contributed by atoms with Gasteiger partial charge in [0.15, 0.2) is 17.5 Å². The number of rotatable bonds is 1. The van der Waals surface area contributed by atoms with E-state index in [2.05, 4.69) is 0 Å². The molecule has 4 nitrogen and oxygen atoms in total. The standard InChI is InChI=1S/C18H8ClF3O4/c19-10-6-25-18-8(17(10)24)1-2-13-15(18)9(5-14(23)26-13)7-3-11(20)16(22)12(21)4-7/h1-4,6,9H,5H2. The van der Waals surface area contributed by atoms with Gasteiger partial charge >= 0.3 is 5.97 Å². The number of benzene rings is 2. The van der Waals surface area contributed by atoms with Gasteiger partial charge in [-0.2, -0.15) is 0 Å². The summed E-state index contributed by atoms with van der Waals surface area (Å²) < 4.78 is 51.2. The van der Waals surface area contributed by atoms with Crippen LogP contribution in [-0.2, 0) is 4.79 Å². The molecule has 3 aromatic rings. The van der Waals surface area contributed by atoms with Crippen LogP contribution in [0, 0.1) is 17.5 Å². The molecule has 0 bridgehead atoms. The molecule has 1 aromatic heterocycles. The molecular weight excluding hydrogens is 373 g/mol. The van der Waals surface area contributed by atoms with Gasteiger partial charge in [-0.15, -0.1) is 0 Å². The van der Waals surface area contributed by atoms with Crippen molar-refractivity contribution in [2.24, 2.45) is 0 Å². The SMILES string of the molecule is O=C1CC(c2cc(F)c(F)c(F)c2)c2c(ccc3c(=O)c(Cl)coc23)O1. The van der Waals surface area contributed by atoms with Crippen LogP contribution in [0.15, 0.2) is 39.7 Å². The molecule has 2 heterocycles. The fourth-order valence-corrected chi connectivity index (χ4v) is 3.24. The zero-order valence-electron chi connectivity index (χ0n) is 12.8. The second-order valence-electron chi connectivity index (χ2n) is 5.80. The Morgan fingerprint density at radius 1 is 1.08 bits per heavy atom. The summed E-state index contributed by atoms with van der Waals surface area (Å²) in [6.45, 7) is 0. The molecule has 1 aliphatic heterocycles. The van der Waals surface area contributed by atoms with Crippen molar-refractivity contribution in [2.45, 2.75) is 12.3 Å². The number of esters is 1. The van der Waals surface area contributed by atoms with Gasteiger partial charge in [0.2, 0.25) is 5.43 Å². The fraction of sp³-hybridized carbons (Fsp3) is 0.111. The van der Waals surface area contributed by atoms with Gasteiger partial charge in [0.1, 0.15) is 22.6 Å². The molecule has 4 rings (SSSR count). The molecule has 0 N–H and O–H groups in total. The molecule has 0 saturated heterocycles. The van der Waals surface area contributed by atoms with Gasteiger partial charge in [-0.25, -0.2) is 13.2 Å². The van der Waals surface area contributed by atoms with Crippen molar-refractivity contribution >= 4 is 28.5 Å². The summed E-state index contributed by atoms with van der Waals surface area (Å²) in [6.07, 6.45) is 0.773. The van der Waals surface area contributed by atoms with Crippen molar-refractivity contribution in [1.29, 1.82) is 0 Å². The summed E-state index contributed by atoms with van der Waals surface area (Å²) in [6, 6.07) is 4.37. The van der Waals surface area contributed by atoms with E-state index in [0.717, 1.165) is 18.4 Å². The maximum Gasteiger partial charge on any atom is 0.312 e. The topological polar surface area (TPSA) is 56.5 Å². The lowest BCUT2D eigenvalue weighted by atomic mass is 9.85. The van der Waals surface area contributed by atoms with E-state index in [1.807, 2.05) is 0 Å². The van der Waals surface area contributed by atoms with E-state index in [-0.39, 0.29) is 39.3 Å². The molecule has 8 heteroatoms. The number of hydrogen-bond donors (Lipinski definition) is 0. The van der Waals surface area contributed by atoms with Gasteiger partial charge in [-0.05, 0) is 29.8 Å². The van der Waals surface area contributed by atoms with Gasteiger partial charge in [-0.3, -0.25) is 9.59 Å². The average Bonchev–Trinajstić information content (AvgIpc) is 2.61. The molecule has 0 aliphatic carbocycles. The summed E-state index contributed by atoms with van der Waals surface area (Å²) in [4.78, 5) is 24.1. The summed E-state index contributed by atoms with van der Waals surface area (Å²) in [7, 11) is 0. The first-order valence-corrected chi connectivity index (χ1v) is 7.83. The fourth-order valence-electron chi connectivity index (χ4n) is 3.09. The Kier molecular flexibility index (Phi) is 3.77. The number of fused-ring (bicyclic) bond motifs is 3. The second kappa shape index (κ2) is 5.88. The Hall–Kier alpha value is -2.80. The molecule has 2 aromatic carbocycles. The number of halogens is 4. The first-order valence-electron chi connectivity index (χ1n) is 7.46. The highest BCUT2D eigenvalue weighted by Crippen LogP contribution is 2.43.